The van der Waals surface area contributed by atoms with Crippen molar-refractivity contribution in [2.45, 2.75) is 51.9 Å². The SMILES string of the molecule is CC(C)(C)OC(=O)NC(CC(=O)O)Cc1cc(COC(=O)N(CCCl)CCCl)ccc1[N+](=O)[O-]. The van der Waals surface area contributed by atoms with Crippen molar-refractivity contribution in [3.63, 3.8) is 0 Å². The van der Waals surface area contributed by atoms with Crippen molar-refractivity contribution in [2.75, 3.05) is 24.8 Å². The highest BCUT2D eigenvalue weighted by Gasteiger charge is 2.25. The molecule has 13 heteroatoms. The zero-order valence-corrected chi connectivity index (χ0v) is 20.7. The number of benzene rings is 1. The molecule has 1 aromatic carbocycles. The number of aliphatic carboxylic acids is 1. The molecule has 0 aliphatic carbocycles. The molecule has 0 aliphatic heterocycles. The molecule has 1 unspecified atom stereocenters. The van der Waals surface area contributed by atoms with Crippen LogP contribution in [0.3, 0.4) is 0 Å². The summed E-state index contributed by atoms with van der Waals surface area (Å²) in [6.07, 6.45) is -2.13. The highest BCUT2D eigenvalue weighted by molar-refractivity contribution is 6.18. The molecule has 0 spiro atoms. The minimum absolute atomic E-state index is 0.158. The number of carboxylic acid groups (broad SMARTS) is 1. The molecule has 1 atom stereocenters. The Bertz CT molecular complexity index is 870. The number of nitro groups is 1. The lowest BCUT2D eigenvalue weighted by Crippen LogP contribution is -2.41. The number of amides is 2. The third-order valence-corrected chi connectivity index (χ3v) is 4.62. The molecule has 1 aromatic rings. The molecule has 0 fully saturated rings. The van der Waals surface area contributed by atoms with Crippen LogP contribution in [0.4, 0.5) is 15.3 Å². The summed E-state index contributed by atoms with van der Waals surface area (Å²) in [5, 5.41) is 23.2. The Balaban J connectivity index is 3.06. The Kier molecular flexibility index (Phi) is 11.9. The number of carboxylic acids is 1. The van der Waals surface area contributed by atoms with Gasteiger partial charge in [-0.25, -0.2) is 9.59 Å². The fraction of sp³-hybridized carbons (Fsp3) is 0.571. The van der Waals surface area contributed by atoms with Crippen molar-refractivity contribution in [1.29, 1.82) is 0 Å². The van der Waals surface area contributed by atoms with Crippen LogP contribution < -0.4 is 5.32 Å². The first-order valence-electron chi connectivity index (χ1n) is 10.4. The van der Waals surface area contributed by atoms with Gasteiger partial charge in [-0.2, -0.15) is 0 Å². The zero-order chi connectivity index (χ0) is 25.9. The smallest absolute Gasteiger partial charge is 0.410 e. The molecular formula is C21H29Cl2N3O8. The van der Waals surface area contributed by atoms with Gasteiger partial charge in [0, 0.05) is 48.9 Å². The molecule has 0 heterocycles. The number of ether oxygens (including phenoxy) is 2. The topological polar surface area (TPSA) is 148 Å². The van der Waals surface area contributed by atoms with Crippen LogP contribution in [0.15, 0.2) is 18.2 Å². The molecule has 2 amide bonds. The van der Waals surface area contributed by atoms with Gasteiger partial charge in [-0.05, 0) is 38.5 Å². The average Bonchev–Trinajstić information content (AvgIpc) is 2.69. The van der Waals surface area contributed by atoms with Gasteiger partial charge < -0.3 is 24.8 Å². The van der Waals surface area contributed by atoms with Crippen molar-refractivity contribution in [3.8, 4) is 0 Å². The Morgan fingerprint density at radius 1 is 1.21 bits per heavy atom. The van der Waals surface area contributed by atoms with E-state index in [2.05, 4.69) is 5.32 Å². The second-order valence-corrected chi connectivity index (χ2v) is 9.04. The maximum atomic E-state index is 12.2. The van der Waals surface area contributed by atoms with Crippen LogP contribution in [0.5, 0.6) is 0 Å². The second kappa shape index (κ2) is 13.8. The van der Waals surface area contributed by atoms with E-state index in [0.29, 0.717) is 5.56 Å². The number of hydrogen-bond acceptors (Lipinski definition) is 7. The van der Waals surface area contributed by atoms with Gasteiger partial charge >= 0.3 is 18.2 Å². The number of rotatable bonds is 12. The van der Waals surface area contributed by atoms with Gasteiger partial charge in [-0.15, -0.1) is 23.2 Å². The summed E-state index contributed by atoms with van der Waals surface area (Å²) in [7, 11) is 0. The summed E-state index contributed by atoms with van der Waals surface area (Å²) in [4.78, 5) is 47.9. The van der Waals surface area contributed by atoms with Crippen LogP contribution in [-0.4, -0.2) is 69.6 Å². The van der Waals surface area contributed by atoms with Gasteiger partial charge in [0.2, 0.25) is 0 Å². The number of hydrogen-bond donors (Lipinski definition) is 2. The minimum atomic E-state index is -1.20. The summed E-state index contributed by atoms with van der Waals surface area (Å²) in [6.45, 7) is 5.24. The third kappa shape index (κ3) is 10.9. The molecule has 0 aliphatic rings. The number of nitrogens with one attached hydrogen (secondary N) is 1. The molecule has 1 rings (SSSR count). The maximum absolute atomic E-state index is 12.2. The summed E-state index contributed by atoms with van der Waals surface area (Å²) in [5.74, 6) is -0.806. The Labute approximate surface area is 207 Å². The van der Waals surface area contributed by atoms with Crippen molar-refractivity contribution >= 4 is 47.0 Å². The Morgan fingerprint density at radius 3 is 2.32 bits per heavy atom. The van der Waals surface area contributed by atoms with Crippen LogP contribution in [0.25, 0.3) is 0 Å². The van der Waals surface area contributed by atoms with E-state index in [4.69, 9.17) is 32.7 Å². The lowest BCUT2D eigenvalue weighted by atomic mass is 9.99. The summed E-state index contributed by atoms with van der Waals surface area (Å²) in [5.41, 5.74) is -0.465. The maximum Gasteiger partial charge on any atom is 0.410 e. The Hall–Kier alpha value is -2.79. The molecule has 0 saturated heterocycles. The molecule has 2 N–H and O–H groups in total. The summed E-state index contributed by atoms with van der Waals surface area (Å²) < 4.78 is 10.4. The zero-order valence-electron chi connectivity index (χ0n) is 19.2. The van der Waals surface area contributed by atoms with E-state index in [9.17, 15) is 29.6 Å². The Morgan fingerprint density at radius 2 is 1.82 bits per heavy atom. The van der Waals surface area contributed by atoms with Gasteiger partial charge in [-0.1, -0.05) is 0 Å². The monoisotopic (exact) mass is 521 g/mol. The number of carbonyl (C=O) groups is 3. The average molecular weight is 522 g/mol. The van der Waals surface area contributed by atoms with Gasteiger partial charge in [0.05, 0.1) is 11.3 Å². The number of halogens is 2. The predicted octanol–water partition coefficient (Wildman–Crippen LogP) is 3.92. The molecule has 0 radical (unpaired) electrons. The van der Waals surface area contributed by atoms with Crippen LogP contribution in [0, 0.1) is 10.1 Å². The fourth-order valence-electron chi connectivity index (χ4n) is 2.93. The van der Waals surface area contributed by atoms with Crippen molar-refractivity contribution in [3.05, 3.63) is 39.4 Å². The number of nitrogens with zero attached hydrogens (tertiary/aromatic N) is 2. The van der Waals surface area contributed by atoms with Crippen molar-refractivity contribution in [2.24, 2.45) is 0 Å². The van der Waals surface area contributed by atoms with Crippen molar-refractivity contribution in [1.82, 2.24) is 10.2 Å². The molecule has 0 saturated carbocycles. The van der Waals surface area contributed by atoms with E-state index >= 15 is 0 Å². The number of nitro benzene ring substituents is 1. The second-order valence-electron chi connectivity index (χ2n) is 8.28. The van der Waals surface area contributed by atoms with E-state index in [-0.39, 0.29) is 49.1 Å². The largest absolute Gasteiger partial charge is 0.481 e. The molecule has 34 heavy (non-hydrogen) atoms. The van der Waals surface area contributed by atoms with E-state index in [1.54, 1.807) is 20.8 Å². The first-order chi connectivity index (χ1) is 15.9. The lowest BCUT2D eigenvalue weighted by molar-refractivity contribution is -0.385. The highest BCUT2D eigenvalue weighted by atomic mass is 35.5. The van der Waals surface area contributed by atoms with E-state index in [1.165, 1.54) is 23.1 Å². The van der Waals surface area contributed by atoms with Crippen LogP contribution >= 0.6 is 23.2 Å². The van der Waals surface area contributed by atoms with Gasteiger partial charge in [-0.3, -0.25) is 14.9 Å². The molecule has 0 bridgehead atoms. The molecule has 11 nitrogen and oxygen atoms in total. The standard InChI is InChI=1S/C21H29Cl2N3O8/c1-21(2,3)34-19(29)24-16(12-18(27)28)11-15-10-14(4-5-17(15)26(31)32)13-33-20(30)25(8-6-22)9-7-23/h4-5,10,16H,6-9,11-13H2,1-3H3,(H,24,29)(H,27,28). The number of alkyl carbamates (subject to hydrolysis) is 1. The van der Waals surface area contributed by atoms with Crippen LogP contribution in [0.1, 0.15) is 38.3 Å². The molecule has 190 valence electrons. The molecule has 0 aromatic heterocycles. The fourth-order valence-corrected chi connectivity index (χ4v) is 3.34. The number of carbonyl (C=O) groups excluding carboxylic acids is 2. The highest BCUT2D eigenvalue weighted by Crippen LogP contribution is 2.23. The summed E-state index contributed by atoms with van der Waals surface area (Å²) >= 11 is 11.4. The lowest BCUT2D eigenvalue weighted by Gasteiger charge is -2.23. The van der Waals surface area contributed by atoms with Gasteiger partial charge in [0.15, 0.2) is 0 Å². The quantitative estimate of drug-likeness (QED) is 0.238. The predicted molar refractivity (Wildman–Crippen MR) is 125 cm³/mol. The van der Waals surface area contributed by atoms with Gasteiger partial charge in [0.25, 0.3) is 5.69 Å². The van der Waals surface area contributed by atoms with Crippen LogP contribution in [-0.2, 0) is 27.3 Å². The van der Waals surface area contributed by atoms with E-state index in [0.717, 1.165) is 0 Å². The molecular weight excluding hydrogens is 493 g/mol. The number of alkyl halides is 2. The van der Waals surface area contributed by atoms with E-state index < -0.39 is 41.1 Å². The minimum Gasteiger partial charge on any atom is -0.481 e. The third-order valence-electron chi connectivity index (χ3n) is 4.28. The van der Waals surface area contributed by atoms with Crippen molar-refractivity contribution < 1.29 is 33.9 Å². The van der Waals surface area contributed by atoms with E-state index in [1.807, 2.05) is 0 Å². The normalized spacial score (nSPS) is 11.9. The summed E-state index contributed by atoms with van der Waals surface area (Å²) in [6, 6.07) is 3.12. The van der Waals surface area contributed by atoms with Gasteiger partial charge in [0.1, 0.15) is 12.2 Å². The van der Waals surface area contributed by atoms with Crippen LogP contribution in [0.2, 0.25) is 0 Å². The first-order valence-corrected chi connectivity index (χ1v) is 11.4. The first kappa shape index (κ1) is 29.2.